The van der Waals surface area contributed by atoms with Gasteiger partial charge in [-0.15, -0.1) is 0 Å². The molecular weight excluding hydrogens is 314 g/mol. The number of rotatable bonds is 7. The van der Waals surface area contributed by atoms with Gasteiger partial charge in [0.2, 0.25) is 11.8 Å². The molecule has 1 aromatic carbocycles. The molecule has 25 heavy (non-hydrogen) atoms. The van der Waals surface area contributed by atoms with E-state index in [0.29, 0.717) is 19.6 Å². The molecule has 5 heteroatoms. The van der Waals surface area contributed by atoms with Crippen molar-refractivity contribution in [2.24, 2.45) is 5.41 Å². The normalized spacial score (nSPS) is 11.0. The lowest BCUT2D eigenvalue weighted by molar-refractivity contribution is -0.149. The summed E-state index contributed by atoms with van der Waals surface area (Å²) in [6, 6.07) is 13.5. The Balaban J connectivity index is 2.02. The van der Waals surface area contributed by atoms with E-state index in [0.717, 1.165) is 11.1 Å². The van der Waals surface area contributed by atoms with Crippen LogP contribution < -0.4 is 5.32 Å². The Hall–Kier alpha value is -2.69. The Labute approximate surface area is 149 Å². The first-order chi connectivity index (χ1) is 11.9. The summed E-state index contributed by atoms with van der Waals surface area (Å²) in [5, 5.41) is 2.84. The molecule has 0 fully saturated rings. The maximum Gasteiger partial charge on any atom is 0.237 e. The molecule has 132 valence electrons. The van der Waals surface area contributed by atoms with Crippen LogP contribution in [0.1, 0.15) is 31.9 Å². The van der Waals surface area contributed by atoms with E-state index in [-0.39, 0.29) is 11.8 Å². The quantitative estimate of drug-likeness (QED) is 0.789. The van der Waals surface area contributed by atoms with Crippen LogP contribution >= 0.6 is 0 Å². The lowest BCUT2D eigenvalue weighted by atomic mass is 9.90. The molecule has 0 spiro atoms. The monoisotopic (exact) mass is 339 g/mol. The minimum absolute atomic E-state index is 0.178. The number of benzene rings is 1. The van der Waals surface area contributed by atoms with Crippen LogP contribution in [0.25, 0.3) is 0 Å². The summed E-state index contributed by atoms with van der Waals surface area (Å²) in [6.07, 6.45) is 3.38. The molecule has 1 heterocycles. The van der Waals surface area contributed by atoms with Crippen molar-refractivity contribution in [3.05, 3.63) is 66.0 Å². The van der Waals surface area contributed by atoms with Gasteiger partial charge in [-0.3, -0.25) is 14.6 Å². The molecule has 0 aliphatic rings. The Kier molecular flexibility index (Phi) is 6.28. The van der Waals surface area contributed by atoms with Crippen molar-refractivity contribution in [2.45, 2.75) is 33.9 Å². The smallest absolute Gasteiger partial charge is 0.237 e. The van der Waals surface area contributed by atoms with Crippen LogP contribution in [0, 0.1) is 5.41 Å². The number of nitrogens with one attached hydrogen (secondary N) is 1. The largest absolute Gasteiger partial charge is 0.351 e. The highest BCUT2D eigenvalue weighted by molar-refractivity contribution is 6.04. The van der Waals surface area contributed by atoms with Crippen LogP contribution in [-0.4, -0.2) is 28.2 Å². The van der Waals surface area contributed by atoms with Crippen LogP contribution in [0.15, 0.2) is 54.9 Å². The van der Waals surface area contributed by atoms with Gasteiger partial charge in [0.15, 0.2) is 0 Å². The minimum atomic E-state index is -1.13. The van der Waals surface area contributed by atoms with Crippen LogP contribution in [0.2, 0.25) is 0 Å². The van der Waals surface area contributed by atoms with Crippen LogP contribution in [0.5, 0.6) is 0 Å². The van der Waals surface area contributed by atoms with E-state index >= 15 is 0 Å². The van der Waals surface area contributed by atoms with E-state index in [1.54, 1.807) is 31.1 Å². The predicted molar refractivity (Wildman–Crippen MR) is 97.4 cm³/mol. The SMILES string of the molecule is CCN(Cc1ccccc1)C(=O)C(C)(C)C(=O)NCc1cccnc1. The van der Waals surface area contributed by atoms with E-state index in [4.69, 9.17) is 0 Å². The summed E-state index contributed by atoms with van der Waals surface area (Å²) in [5.41, 5.74) is 0.812. The standard InChI is InChI=1S/C20H25N3O2/c1-4-23(15-16-9-6-5-7-10-16)19(25)20(2,3)18(24)22-14-17-11-8-12-21-13-17/h5-13H,4,14-15H2,1-3H3,(H,22,24). The molecule has 5 nitrogen and oxygen atoms in total. The summed E-state index contributed by atoms with van der Waals surface area (Å²) >= 11 is 0. The van der Waals surface area contributed by atoms with Crippen molar-refractivity contribution in [3.8, 4) is 0 Å². The second-order valence-electron chi connectivity index (χ2n) is 6.47. The van der Waals surface area contributed by atoms with E-state index in [2.05, 4.69) is 10.3 Å². The third-order valence-corrected chi connectivity index (χ3v) is 4.16. The third kappa shape index (κ3) is 4.89. The molecule has 2 amide bonds. The summed E-state index contributed by atoms with van der Waals surface area (Å²) in [7, 11) is 0. The Morgan fingerprint density at radius 1 is 1.08 bits per heavy atom. The number of carbonyl (C=O) groups excluding carboxylic acids is 2. The van der Waals surface area contributed by atoms with Crippen LogP contribution in [0.4, 0.5) is 0 Å². The fourth-order valence-corrected chi connectivity index (χ4v) is 2.53. The Bertz CT molecular complexity index is 699. The van der Waals surface area contributed by atoms with Gasteiger partial charge in [-0.1, -0.05) is 36.4 Å². The average Bonchev–Trinajstić information content (AvgIpc) is 2.65. The van der Waals surface area contributed by atoms with E-state index < -0.39 is 5.41 Å². The molecule has 0 atom stereocenters. The first-order valence-corrected chi connectivity index (χ1v) is 8.45. The van der Waals surface area contributed by atoms with Crippen molar-refractivity contribution >= 4 is 11.8 Å². The molecule has 0 radical (unpaired) electrons. The van der Waals surface area contributed by atoms with E-state index in [9.17, 15) is 9.59 Å². The van der Waals surface area contributed by atoms with Gasteiger partial charge in [-0.2, -0.15) is 0 Å². The summed E-state index contributed by atoms with van der Waals surface area (Å²) < 4.78 is 0. The maximum absolute atomic E-state index is 12.9. The zero-order chi connectivity index (χ0) is 18.3. The number of amides is 2. The number of pyridine rings is 1. The summed E-state index contributed by atoms with van der Waals surface area (Å²) in [4.78, 5) is 31.2. The highest BCUT2D eigenvalue weighted by atomic mass is 16.2. The molecule has 0 bridgehead atoms. The van der Waals surface area contributed by atoms with Crippen molar-refractivity contribution in [1.82, 2.24) is 15.2 Å². The fraction of sp³-hybridized carbons (Fsp3) is 0.350. The number of nitrogens with zero attached hydrogens (tertiary/aromatic N) is 2. The van der Waals surface area contributed by atoms with Gasteiger partial charge in [-0.05, 0) is 38.0 Å². The topological polar surface area (TPSA) is 62.3 Å². The fourth-order valence-electron chi connectivity index (χ4n) is 2.53. The zero-order valence-corrected chi connectivity index (χ0v) is 15.0. The third-order valence-electron chi connectivity index (χ3n) is 4.16. The molecule has 1 aromatic heterocycles. The molecule has 1 N–H and O–H groups in total. The number of aromatic nitrogens is 1. The first-order valence-electron chi connectivity index (χ1n) is 8.45. The maximum atomic E-state index is 12.9. The average molecular weight is 339 g/mol. The van der Waals surface area contributed by atoms with Gasteiger partial charge < -0.3 is 10.2 Å². The van der Waals surface area contributed by atoms with Crippen LogP contribution in [-0.2, 0) is 22.7 Å². The number of hydrogen-bond donors (Lipinski definition) is 1. The molecule has 2 rings (SSSR count). The second-order valence-corrected chi connectivity index (χ2v) is 6.47. The van der Waals surface area contributed by atoms with Gasteiger partial charge in [0, 0.05) is 32.0 Å². The van der Waals surface area contributed by atoms with Gasteiger partial charge in [-0.25, -0.2) is 0 Å². The first kappa shape index (κ1) is 18.6. The Morgan fingerprint density at radius 2 is 1.76 bits per heavy atom. The molecule has 0 saturated carbocycles. The molecular formula is C20H25N3O2. The lowest BCUT2D eigenvalue weighted by Crippen LogP contribution is -2.49. The van der Waals surface area contributed by atoms with Gasteiger partial charge in [0.1, 0.15) is 5.41 Å². The minimum Gasteiger partial charge on any atom is -0.351 e. The van der Waals surface area contributed by atoms with E-state index in [1.807, 2.05) is 49.4 Å². The van der Waals surface area contributed by atoms with Gasteiger partial charge in [0.25, 0.3) is 0 Å². The van der Waals surface area contributed by atoms with Gasteiger partial charge >= 0.3 is 0 Å². The molecule has 0 saturated heterocycles. The van der Waals surface area contributed by atoms with Crippen molar-refractivity contribution in [2.75, 3.05) is 6.54 Å². The molecule has 0 aliphatic heterocycles. The summed E-state index contributed by atoms with van der Waals surface area (Å²) in [6.45, 7) is 6.66. The zero-order valence-electron chi connectivity index (χ0n) is 15.0. The molecule has 0 aliphatic carbocycles. The molecule has 2 aromatic rings. The highest BCUT2D eigenvalue weighted by Crippen LogP contribution is 2.21. The molecule has 0 unspecified atom stereocenters. The number of hydrogen-bond acceptors (Lipinski definition) is 3. The second kappa shape index (κ2) is 8.42. The highest BCUT2D eigenvalue weighted by Gasteiger charge is 2.38. The number of carbonyl (C=O) groups is 2. The summed E-state index contributed by atoms with van der Waals surface area (Å²) in [5.74, 6) is -0.463. The van der Waals surface area contributed by atoms with Gasteiger partial charge in [0.05, 0.1) is 0 Å². The van der Waals surface area contributed by atoms with Crippen molar-refractivity contribution < 1.29 is 9.59 Å². The Morgan fingerprint density at radius 3 is 2.36 bits per heavy atom. The van der Waals surface area contributed by atoms with Crippen molar-refractivity contribution in [1.29, 1.82) is 0 Å². The van der Waals surface area contributed by atoms with E-state index in [1.165, 1.54) is 0 Å². The predicted octanol–water partition coefficient (Wildman–Crippen LogP) is 2.77. The lowest BCUT2D eigenvalue weighted by Gasteiger charge is -2.30. The van der Waals surface area contributed by atoms with Crippen LogP contribution in [0.3, 0.4) is 0 Å². The van der Waals surface area contributed by atoms with Crippen molar-refractivity contribution in [3.63, 3.8) is 0 Å².